The van der Waals surface area contributed by atoms with Crippen LogP contribution in [0.25, 0.3) is 10.8 Å². The van der Waals surface area contributed by atoms with E-state index < -0.39 is 5.97 Å². The summed E-state index contributed by atoms with van der Waals surface area (Å²) in [6.45, 7) is 0. The number of carboxylic acids is 1. The Labute approximate surface area is 162 Å². The van der Waals surface area contributed by atoms with Crippen molar-refractivity contribution in [3.63, 3.8) is 0 Å². The number of fused-ring (bicyclic) bond motifs is 1. The van der Waals surface area contributed by atoms with Gasteiger partial charge in [0.05, 0.1) is 5.69 Å². The molecule has 5 nitrogen and oxygen atoms in total. The number of benzene rings is 3. The largest absolute Gasteiger partial charge is 0.505 e. The predicted molar refractivity (Wildman–Crippen MR) is 88.9 cm³/mol. The minimum atomic E-state index is -1.21. The van der Waals surface area contributed by atoms with Gasteiger partial charge in [-0.1, -0.05) is 42.5 Å². The Morgan fingerprint density at radius 3 is 2.26 bits per heavy atom. The van der Waals surface area contributed by atoms with Crippen LogP contribution in [0.4, 0.5) is 11.4 Å². The van der Waals surface area contributed by atoms with Gasteiger partial charge >= 0.3 is 5.97 Å². The molecule has 0 unspecified atom stereocenters. The molecule has 6 heteroatoms. The number of carbonyl (C=O) groups is 1. The molecule has 0 saturated heterocycles. The summed E-state index contributed by atoms with van der Waals surface area (Å²) < 4.78 is 0. The number of aromatic carboxylic acids is 1. The summed E-state index contributed by atoms with van der Waals surface area (Å²) in [6, 6.07) is 17.6. The average Bonchev–Trinajstić information content (AvgIpc) is 2.54. The molecule has 0 atom stereocenters. The summed E-state index contributed by atoms with van der Waals surface area (Å²) in [5.74, 6) is -1.59. The first-order valence-corrected chi connectivity index (χ1v) is 6.61. The Morgan fingerprint density at radius 2 is 1.57 bits per heavy atom. The molecule has 0 aliphatic carbocycles. The van der Waals surface area contributed by atoms with Crippen LogP contribution in [-0.4, -0.2) is 53.9 Å². The number of carboxylic acid groups (broad SMARTS) is 1. The van der Waals surface area contributed by atoms with E-state index in [1.165, 1.54) is 6.07 Å². The van der Waals surface area contributed by atoms with Gasteiger partial charge in [0.15, 0.2) is 5.75 Å². The molecule has 0 spiro atoms. The van der Waals surface area contributed by atoms with Crippen molar-refractivity contribution >= 4 is 65.9 Å². The van der Waals surface area contributed by atoms with E-state index in [-0.39, 0.29) is 54.7 Å². The van der Waals surface area contributed by atoms with Crippen LogP contribution in [0.3, 0.4) is 0 Å². The fourth-order valence-corrected chi connectivity index (χ4v) is 2.18. The zero-order valence-corrected chi connectivity index (χ0v) is 14.4. The van der Waals surface area contributed by atoms with Gasteiger partial charge < -0.3 is 10.2 Å². The number of azo groups is 1. The Morgan fingerprint density at radius 1 is 0.913 bits per heavy atom. The van der Waals surface area contributed by atoms with Crippen molar-refractivity contribution in [2.45, 2.75) is 0 Å². The first-order valence-electron chi connectivity index (χ1n) is 6.61. The predicted octanol–water partition coefficient (Wildman–Crippen LogP) is 4.28. The third kappa shape index (κ3) is 3.69. The minimum Gasteiger partial charge on any atom is -0.505 e. The van der Waals surface area contributed by atoms with Gasteiger partial charge in [0.2, 0.25) is 0 Å². The zero-order valence-electron chi connectivity index (χ0n) is 12.2. The SMILES string of the molecule is O=C(O)c1cc2ccccc2c(N=Nc2ccccc2)c1O.[Ca]. The molecule has 0 aromatic heterocycles. The molecule has 3 aromatic carbocycles. The van der Waals surface area contributed by atoms with Gasteiger partial charge in [-0.05, 0) is 23.6 Å². The van der Waals surface area contributed by atoms with E-state index in [1.807, 2.05) is 18.2 Å². The van der Waals surface area contributed by atoms with Gasteiger partial charge in [-0.3, -0.25) is 0 Å². The summed E-state index contributed by atoms with van der Waals surface area (Å²) in [6.07, 6.45) is 0. The van der Waals surface area contributed by atoms with Crippen LogP contribution in [0.2, 0.25) is 0 Å². The number of aromatic hydroxyl groups is 1. The Hall–Kier alpha value is -1.95. The van der Waals surface area contributed by atoms with E-state index in [4.69, 9.17) is 0 Å². The quantitative estimate of drug-likeness (QED) is 0.555. The van der Waals surface area contributed by atoms with Crippen molar-refractivity contribution in [2.24, 2.45) is 10.2 Å². The molecule has 3 rings (SSSR count). The Balaban J connectivity index is 0.00000192. The van der Waals surface area contributed by atoms with Crippen LogP contribution in [0.15, 0.2) is 70.9 Å². The molecule has 2 N–H and O–H groups in total. The summed E-state index contributed by atoms with van der Waals surface area (Å²) in [5.41, 5.74) is 0.576. The molecule has 0 aliphatic rings. The molecule has 0 bridgehead atoms. The molecule has 2 radical (unpaired) electrons. The number of rotatable bonds is 3. The van der Waals surface area contributed by atoms with Gasteiger partial charge in [-0.25, -0.2) is 4.79 Å². The molecule has 0 saturated carbocycles. The second kappa shape index (κ2) is 7.55. The molecule has 110 valence electrons. The van der Waals surface area contributed by atoms with Crippen LogP contribution in [-0.2, 0) is 0 Å². The van der Waals surface area contributed by atoms with E-state index in [2.05, 4.69) is 10.2 Å². The van der Waals surface area contributed by atoms with E-state index in [0.717, 1.165) is 0 Å². The summed E-state index contributed by atoms with van der Waals surface area (Å²) >= 11 is 0. The maximum atomic E-state index is 11.3. The molecule has 0 fully saturated rings. The Kier molecular flexibility index (Phi) is 5.71. The molecule has 0 aliphatic heterocycles. The first-order chi connectivity index (χ1) is 10.7. The first kappa shape index (κ1) is 17.4. The van der Waals surface area contributed by atoms with Crippen molar-refractivity contribution in [1.82, 2.24) is 0 Å². The van der Waals surface area contributed by atoms with Crippen LogP contribution in [0, 0.1) is 0 Å². The van der Waals surface area contributed by atoms with Gasteiger partial charge in [-0.2, -0.15) is 5.11 Å². The smallest absolute Gasteiger partial charge is 0.339 e. The molecule has 3 aromatic rings. The standard InChI is InChI=1S/C17H12N2O3.Ca/c20-16-14(17(21)22)10-11-6-4-5-9-13(11)15(16)19-18-12-7-2-1-3-8-12;/h1-10,20H,(H,21,22);. The van der Waals surface area contributed by atoms with Gasteiger partial charge in [0, 0.05) is 43.1 Å². The molecule has 23 heavy (non-hydrogen) atoms. The second-order valence-corrected chi connectivity index (χ2v) is 4.68. The number of nitrogens with zero attached hydrogens (tertiary/aromatic N) is 2. The van der Waals surface area contributed by atoms with Crippen molar-refractivity contribution in [3.8, 4) is 5.75 Å². The molecule has 0 heterocycles. The maximum absolute atomic E-state index is 11.3. The average molecular weight is 332 g/mol. The van der Waals surface area contributed by atoms with Crippen LogP contribution in [0.5, 0.6) is 5.75 Å². The normalized spacial score (nSPS) is 10.6. The van der Waals surface area contributed by atoms with Crippen molar-refractivity contribution in [1.29, 1.82) is 0 Å². The Bertz CT molecular complexity index is 880. The van der Waals surface area contributed by atoms with E-state index >= 15 is 0 Å². The van der Waals surface area contributed by atoms with Crippen LogP contribution >= 0.6 is 0 Å². The second-order valence-electron chi connectivity index (χ2n) is 4.68. The van der Waals surface area contributed by atoms with Gasteiger partial charge in [-0.15, -0.1) is 5.11 Å². The van der Waals surface area contributed by atoms with E-state index in [9.17, 15) is 15.0 Å². The van der Waals surface area contributed by atoms with Crippen molar-refractivity contribution < 1.29 is 15.0 Å². The third-order valence-electron chi connectivity index (χ3n) is 3.25. The number of hydrogen-bond acceptors (Lipinski definition) is 4. The van der Waals surface area contributed by atoms with Crippen molar-refractivity contribution in [2.75, 3.05) is 0 Å². The number of phenols is 1. The summed E-state index contributed by atoms with van der Waals surface area (Å²) in [7, 11) is 0. The summed E-state index contributed by atoms with van der Waals surface area (Å²) in [4.78, 5) is 11.3. The molecule has 0 amide bonds. The summed E-state index contributed by atoms with van der Waals surface area (Å²) in [5, 5.41) is 28.8. The van der Waals surface area contributed by atoms with Gasteiger partial charge in [0.1, 0.15) is 11.3 Å². The van der Waals surface area contributed by atoms with Crippen molar-refractivity contribution in [3.05, 3.63) is 66.2 Å². The fourth-order valence-electron chi connectivity index (χ4n) is 2.18. The van der Waals surface area contributed by atoms with Crippen LogP contribution in [0.1, 0.15) is 10.4 Å². The topological polar surface area (TPSA) is 82.2 Å². The number of hydrogen-bond donors (Lipinski definition) is 2. The third-order valence-corrected chi connectivity index (χ3v) is 3.25. The molecular weight excluding hydrogens is 320 g/mol. The zero-order chi connectivity index (χ0) is 15.5. The van der Waals surface area contributed by atoms with Gasteiger partial charge in [0.25, 0.3) is 0 Å². The monoisotopic (exact) mass is 332 g/mol. The fraction of sp³-hybridized carbons (Fsp3) is 0. The minimum absolute atomic E-state index is 0. The van der Waals surface area contributed by atoms with Crippen LogP contribution < -0.4 is 0 Å². The molecular formula is C17H12CaN2O3. The van der Waals surface area contributed by atoms with E-state index in [0.29, 0.717) is 16.5 Å². The van der Waals surface area contributed by atoms with E-state index in [1.54, 1.807) is 36.4 Å². The maximum Gasteiger partial charge on any atom is 0.339 e.